The van der Waals surface area contributed by atoms with Gasteiger partial charge in [0, 0.05) is 21.8 Å². The van der Waals surface area contributed by atoms with E-state index in [1.165, 1.54) is 52.3 Å². The van der Waals surface area contributed by atoms with Crippen molar-refractivity contribution in [2.24, 2.45) is 5.73 Å². The number of hydrogen-bond acceptors (Lipinski definition) is 11. The average Bonchev–Trinajstić information content (AvgIpc) is 3.63. The van der Waals surface area contributed by atoms with Crippen LogP contribution in [0.5, 0.6) is 0 Å². The number of amides is 3. The minimum absolute atomic E-state index is 0.0442. The Bertz CT molecular complexity index is 1570. The number of fused-ring (bicyclic) bond motifs is 1. The minimum Gasteiger partial charge on any atom is -0.459 e. The molecule has 0 bridgehead atoms. The predicted molar refractivity (Wildman–Crippen MR) is 161 cm³/mol. The summed E-state index contributed by atoms with van der Waals surface area (Å²) in [4.78, 5) is 64.9. The number of thiophene rings is 1. The third-order valence-corrected chi connectivity index (χ3v) is 9.82. The molecular weight excluding hydrogens is 610 g/mol. The van der Waals surface area contributed by atoms with Gasteiger partial charge in [0.25, 0.3) is 11.6 Å². The van der Waals surface area contributed by atoms with Gasteiger partial charge in [-0.2, -0.15) is 0 Å². The second-order valence-corrected chi connectivity index (χ2v) is 13.4. The smallest absolute Gasteiger partial charge is 0.408 e. The third-order valence-electron chi connectivity index (χ3n) is 7.23. The number of nitrogens with two attached hydrogens (primary N) is 1. The van der Waals surface area contributed by atoms with Crippen LogP contribution in [0.3, 0.4) is 0 Å². The number of nitrogens with zero attached hydrogens (tertiary/aromatic N) is 2. The summed E-state index contributed by atoms with van der Waals surface area (Å²) >= 11 is 2.48. The Labute approximate surface area is 260 Å². The Morgan fingerprint density at radius 1 is 1.02 bits per heavy atom. The first-order valence-corrected chi connectivity index (χ1v) is 15.2. The number of alkyl carbamates (subject to hydrolysis) is 1. The number of non-ortho nitro benzene ring substituents is 1. The number of benzene rings is 2. The number of thioether (sulfide) groups is 1. The molecule has 230 valence electrons. The summed E-state index contributed by atoms with van der Waals surface area (Å²) in [6.07, 6.45) is -0.929. The van der Waals surface area contributed by atoms with Crippen LogP contribution in [0, 0.1) is 10.1 Å². The van der Waals surface area contributed by atoms with Crippen LogP contribution >= 0.6 is 23.1 Å². The van der Waals surface area contributed by atoms with E-state index in [0.717, 1.165) is 5.56 Å². The summed E-state index contributed by atoms with van der Waals surface area (Å²) in [6, 6.07) is 15.8. The summed E-state index contributed by atoms with van der Waals surface area (Å²) in [5, 5.41) is 16.9. The maximum absolute atomic E-state index is 13.5. The first kappa shape index (κ1) is 31.0. The Balaban J connectivity index is 1.24. The van der Waals surface area contributed by atoms with E-state index < -0.39 is 56.7 Å². The van der Waals surface area contributed by atoms with Gasteiger partial charge in [0.15, 0.2) is 5.66 Å². The van der Waals surface area contributed by atoms with Crippen LogP contribution in [0.1, 0.15) is 35.9 Å². The zero-order chi connectivity index (χ0) is 31.6. The Morgan fingerprint density at radius 2 is 1.68 bits per heavy atom. The molecule has 2 aliphatic heterocycles. The molecular formula is C29H29N5O8S2. The molecule has 3 aromatic rings. The molecule has 0 radical (unpaired) electrons. The zero-order valence-electron chi connectivity index (χ0n) is 23.6. The number of esters is 1. The Morgan fingerprint density at radius 3 is 2.32 bits per heavy atom. The number of carbonyl (C=O) groups is 4. The summed E-state index contributed by atoms with van der Waals surface area (Å²) in [7, 11) is 0. The van der Waals surface area contributed by atoms with Crippen molar-refractivity contribution >= 4 is 52.7 Å². The molecule has 2 saturated heterocycles. The molecule has 2 fully saturated rings. The lowest BCUT2D eigenvalue weighted by molar-refractivity contribution is -0.384. The number of carbonyl (C=O) groups excluding carboxylic acids is 4. The van der Waals surface area contributed by atoms with Gasteiger partial charge in [0.05, 0.1) is 4.92 Å². The highest BCUT2D eigenvalue weighted by Gasteiger charge is 2.71. The van der Waals surface area contributed by atoms with Crippen LogP contribution in [0.25, 0.3) is 0 Å². The highest BCUT2D eigenvalue weighted by molar-refractivity contribution is 8.01. The van der Waals surface area contributed by atoms with E-state index in [2.05, 4.69) is 10.6 Å². The van der Waals surface area contributed by atoms with Crippen molar-refractivity contribution in [1.82, 2.24) is 15.5 Å². The van der Waals surface area contributed by atoms with Crippen LogP contribution < -0.4 is 16.4 Å². The molecule has 0 aliphatic carbocycles. The first-order chi connectivity index (χ1) is 20.9. The zero-order valence-corrected chi connectivity index (χ0v) is 25.3. The number of nitro groups is 1. The van der Waals surface area contributed by atoms with Crippen LogP contribution in [0.4, 0.5) is 10.5 Å². The lowest BCUT2D eigenvalue weighted by Crippen LogP contribution is -2.84. The van der Waals surface area contributed by atoms with Gasteiger partial charge >= 0.3 is 12.1 Å². The van der Waals surface area contributed by atoms with E-state index in [1.807, 2.05) is 30.3 Å². The quantitative estimate of drug-likeness (QED) is 0.0979. The van der Waals surface area contributed by atoms with Gasteiger partial charge in [-0.3, -0.25) is 25.4 Å². The number of rotatable bonds is 10. The maximum atomic E-state index is 13.5. The van der Waals surface area contributed by atoms with Crippen molar-refractivity contribution in [1.29, 1.82) is 0 Å². The molecule has 44 heavy (non-hydrogen) atoms. The van der Waals surface area contributed by atoms with Gasteiger partial charge in [-0.1, -0.05) is 36.4 Å². The molecule has 1 aromatic heterocycles. The third kappa shape index (κ3) is 6.11. The van der Waals surface area contributed by atoms with Crippen molar-refractivity contribution in [2.45, 2.75) is 54.9 Å². The average molecular weight is 640 g/mol. The summed E-state index contributed by atoms with van der Waals surface area (Å²) < 4.78 is 10.00. The van der Waals surface area contributed by atoms with Gasteiger partial charge < -0.3 is 25.0 Å². The van der Waals surface area contributed by atoms with Crippen molar-refractivity contribution in [3.05, 3.63) is 98.2 Å². The van der Waals surface area contributed by atoms with Gasteiger partial charge in [-0.15, -0.1) is 23.1 Å². The molecule has 3 heterocycles. The Kier molecular flexibility index (Phi) is 8.63. The van der Waals surface area contributed by atoms with Crippen molar-refractivity contribution in [3.63, 3.8) is 0 Å². The van der Waals surface area contributed by atoms with Crippen LogP contribution in [0.15, 0.2) is 72.1 Å². The summed E-state index contributed by atoms with van der Waals surface area (Å²) in [5.41, 5.74) is 5.84. The molecule has 4 N–H and O–H groups in total. The van der Waals surface area contributed by atoms with E-state index in [9.17, 15) is 29.3 Å². The highest BCUT2D eigenvalue weighted by Crippen LogP contribution is 2.53. The topological polar surface area (TPSA) is 183 Å². The monoisotopic (exact) mass is 639 g/mol. The van der Waals surface area contributed by atoms with Crippen LogP contribution in [0.2, 0.25) is 0 Å². The van der Waals surface area contributed by atoms with E-state index in [0.29, 0.717) is 10.4 Å². The fraction of sp³-hybridized carbons (Fsp3) is 0.310. The molecule has 13 nitrogen and oxygen atoms in total. The van der Waals surface area contributed by atoms with Crippen LogP contribution in [-0.2, 0) is 37.1 Å². The molecule has 3 amide bonds. The largest absolute Gasteiger partial charge is 0.459 e. The molecule has 15 heteroatoms. The second-order valence-electron chi connectivity index (χ2n) is 10.7. The number of nitrogens with one attached hydrogen (secondary N) is 2. The van der Waals surface area contributed by atoms with Gasteiger partial charge in [0.2, 0.25) is 5.91 Å². The fourth-order valence-electron chi connectivity index (χ4n) is 5.01. The number of hydrogen-bond donors (Lipinski definition) is 3. The summed E-state index contributed by atoms with van der Waals surface area (Å²) in [6.45, 7) is 3.45. The molecule has 0 saturated carbocycles. The van der Waals surface area contributed by atoms with E-state index in [1.54, 1.807) is 31.4 Å². The van der Waals surface area contributed by atoms with E-state index >= 15 is 0 Å². The number of nitro benzene ring substituents is 1. The highest BCUT2D eigenvalue weighted by atomic mass is 32.2. The van der Waals surface area contributed by atoms with E-state index in [4.69, 9.17) is 15.2 Å². The molecule has 1 unspecified atom stereocenters. The van der Waals surface area contributed by atoms with Crippen LogP contribution in [-0.4, -0.2) is 55.5 Å². The first-order valence-electron chi connectivity index (χ1n) is 13.4. The standard InChI is InChI=1S/C29H29N5O8S2/c1-28(2)22(24(36)41-15-17-7-4-3-5-8-17)33-25(37)29(30,26(33)44-28)32-23(35)21(20-9-6-14-43-20)31-27(38)42-16-18-10-12-19(13-11-18)34(39)40/h3-14,21-22,26H,15-16,30H2,1-2H3,(H,31,38)(H,32,35)/t21?,22-,26+,29+/m0/s1. The number of β-lactam (4-membered cyclic amide) rings is 1. The lowest BCUT2D eigenvalue weighted by atomic mass is 9.91. The predicted octanol–water partition coefficient (Wildman–Crippen LogP) is 3.20. The Hall–Kier alpha value is -4.47. The van der Waals surface area contributed by atoms with E-state index in [-0.39, 0.29) is 18.9 Å². The molecule has 0 spiro atoms. The normalized spacial score (nSPS) is 22.2. The lowest BCUT2D eigenvalue weighted by Gasteiger charge is -2.51. The molecule has 5 rings (SSSR count). The SMILES string of the molecule is CC1(C)S[C@H]2N(C(=O)[C@@]2(N)NC(=O)C(NC(=O)OCc2ccc([N+](=O)[O-])cc2)c2cccs2)[C@H]1C(=O)OCc1ccccc1. The minimum atomic E-state index is -1.84. The van der Waals surface area contributed by atoms with Crippen molar-refractivity contribution < 1.29 is 33.6 Å². The second kappa shape index (κ2) is 12.3. The van der Waals surface area contributed by atoms with Gasteiger partial charge in [-0.25, -0.2) is 9.59 Å². The van der Waals surface area contributed by atoms with Gasteiger partial charge in [-0.05, 0) is 48.6 Å². The van der Waals surface area contributed by atoms with Crippen molar-refractivity contribution in [2.75, 3.05) is 0 Å². The number of ether oxygens (including phenoxy) is 2. The molecule has 2 aliphatic rings. The summed E-state index contributed by atoms with van der Waals surface area (Å²) in [5.74, 6) is -1.98. The fourth-order valence-corrected chi connectivity index (χ4v) is 7.37. The maximum Gasteiger partial charge on any atom is 0.408 e. The van der Waals surface area contributed by atoms with Gasteiger partial charge in [0.1, 0.15) is 30.7 Å². The van der Waals surface area contributed by atoms with Crippen molar-refractivity contribution in [3.8, 4) is 0 Å². The molecule has 4 atom stereocenters. The molecule has 2 aromatic carbocycles.